The van der Waals surface area contributed by atoms with Crippen molar-refractivity contribution in [2.75, 3.05) is 0 Å². The van der Waals surface area contributed by atoms with E-state index in [4.69, 9.17) is 25.7 Å². The number of carbonyl (C=O) groups excluding carboxylic acids is 6. The number of benzene rings is 16. The lowest BCUT2D eigenvalue weighted by atomic mass is 10.0. The van der Waals surface area contributed by atoms with Crippen molar-refractivity contribution in [3.05, 3.63) is 570 Å². The van der Waals surface area contributed by atoms with Crippen molar-refractivity contribution in [2.24, 2.45) is 0 Å². The van der Waals surface area contributed by atoms with Crippen LogP contribution in [-0.4, -0.2) is 34.7 Å². The summed E-state index contributed by atoms with van der Waals surface area (Å²) in [6.45, 7) is 0. The van der Waals surface area contributed by atoms with E-state index in [1.807, 2.05) is 437 Å². The van der Waals surface area contributed by atoms with Crippen molar-refractivity contribution >= 4 is 34.7 Å². The van der Waals surface area contributed by atoms with Gasteiger partial charge in [0.1, 0.15) is 34.7 Å². The Morgan fingerprint density at radius 2 is 0.221 bits per heavy atom. The molecule has 6 nitrogen and oxygen atoms in total. The van der Waals surface area contributed by atoms with E-state index in [2.05, 4.69) is 71.0 Å². The third-order valence-corrected chi connectivity index (χ3v) is 21.0. The quantitative estimate of drug-likeness (QED) is 0.0559. The smallest absolute Gasteiger partial charge is 0.141 e. The SMILES string of the molecule is C#Cc1ccc(CC(=O)Cc2ccc(C#C)cc2)cc1.C#Cc1ccc(CC(=O)Cc2ccc(C#Cc3ccccc3)cc2)cc1.C#Cc1ccc(CC(=O)Cc2ccccc2)cc1.O=C(Cc1ccc(C#Cc2ccccc2)cc1)Cc1ccc(C#Cc2ccccc2)cc1.O=C(Cc1ccccc1)Cc1ccc(C#Cc2ccccc2)cc1.O=C(Cc1ccccc1)Cc1ccccc1. The highest BCUT2D eigenvalue weighted by Crippen LogP contribution is 2.18. The Kier molecular flexibility index (Phi) is 40.5. The number of terminal acetylenes is 4. The molecule has 0 aromatic heterocycles. The van der Waals surface area contributed by atoms with E-state index in [0.29, 0.717) is 77.0 Å². The molecule has 0 radical (unpaired) electrons. The molecule has 0 bridgehead atoms. The molecule has 0 aliphatic carbocycles. The van der Waals surface area contributed by atoms with Crippen LogP contribution in [0.15, 0.2) is 437 Å². The molecule has 16 aromatic rings. The molecule has 0 fully saturated rings. The Hall–Kier alpha value is -18.0. The van der Waals surface area contributed by atoms with E-state index in [0.717, 1.165) is 134 Å². The number of Topliss-reactive ketones (excluding diaryl/α,β-unsaturated/α-hetero) is 6. The van der Waals surface area contributed by atoms with Crippen LogP contribution in [0.1, 0.15) is 134 Å². The maximum atomic E-state index is 12.5. The summed E-state index contributed by atoms with van der Waals surface area (Å²) in [5.74, 6) is 36.7. The maximum absolute atomic E-state index is 12.5. The first-order valence-electron chi connectivity index (χ1n) is 44.7. The van der Waals surface area contributed by atoms with E-state index in [-0.39, 0.29) is 34.7 Å². The molecule has 16 aromatic carbocycles. The Balaban J connectivity index is 0.000000159. The third-order valence-electron chi connectivity index (χ3n) is 21.0. The second-order valence-electron chi connectivity index (χ2n) is 31.9. The van der Waals surface area contributed by atoms with Crippen LogP contribution in [0, 0.1) is 96.7 Å². The minimum Gasteiger partial charge on any atom is -0.299 e. The Morgan fingerprint density at radius 1 is 0.125 bits per heavy atom. The molecule has 0 saturated heterocycles. The van der Waals surface area contributed by atoms with Gasteiger partial charge in [0.05, 0.1) is 0 Å². The third kappa shape index (κ3) is 37.6. The molecule has 136 heavy (non-hydrogen) atoms. The van der Waals surface area contributed by atoms with Gasteiger partial charge in [-0.15, -0.1) is 25.7 Å². The van der Waals surface area contributed by atoms with Crippen LogP contribution in [0.2, 0.25) is 0 Å². The molecule has 0 saturated carbocycles. The molecule has 0 atom stereocenters. The zero-order valence-corrected chi connectivity index (χ0v) is 75.8. The molecular weight excluding hydrogens is 1660 g/mol. The predicted molar refractivity (Wildman–Crippen MR) is 553 cm³/mol. The summed E-state index contributed by atoms with van der Waals surface area (Å²) >= 11 is 0. The van der Waals surface area contributed by atoms with Crippen LogP contribution in [0.5, 0.6) is 0 Å². The number of ketones is 6. The van der Waals surface area contributed by atoms with Crippen molar-refractivity contribution in [3.63, 3.8) is 0 Å². The lowest BCUT2D eigenvalue weighted by molar-refractivity contribution is -0.118. The fourth-order valence-electron chi connectivity index (χ4n) is 13.9. The van der Waals surface area contributed by atoms with E-state index < -0.39 is 0 Å². The molecule has 0 heterocycles. The van der Waals surface area contributed by atoms with Crippen molar-refractivity contribution in [3.8, 4) is 96.7 Å². The first-order valence-corrected chi connectivity index (χ1v) is 44.7. The summed E-state index contributed by atoms with van der Waals surface area (Å²) in [7, 11) is 0. The van der Waals surface area contributed by atoms with Gasteiger partial charge in [-0.2, -0.15) is 0 Å². The number of hydrogen-bond acceptors (Lipinski definition) is 6. The van der Waals surface area contributed by atoms with E-state index >= 15 is 0 Å². The minimum atomic E-state index is 0.173. The molecule has 16 rings (SSSR count). The molecule has 656 valence electrons. The molecule has 0 aliphatic rings. The highest BCUT2D eigenvalue weighted by Gasteiger charge is 2.12. The standard InChI is InChI=1S/C31H22O.C25H18O.C23H18O.C19H14O.C17H14O.C15H14O/c32-31(23-29-19-15-27(16-20-29)13-11-25-7-3-1-4-8-25)24-30-21-17-28(18-22-30)14-12-26-9-5-2-6-10-26;1-2-20-8-14-23(15-9-20)18-25(26)19-24-16-12-22(13-17-24)11-10-21-6-4-3-5-7-21;24-23(17-21-9-5-2-6-10-21)18-22-15-13-20(14-16-22)12-11-19-7-3-1-4-8-19;1-3-15-5-9-17(10-6-15)13-19(20)14-18-11-7-16(4-2)8-12-18;1-2-14-8-10-16(11-9-14)13-17(18)12-15-6-4-3-5-7-15;16-15(11-13-7-3-1-4-8-13)12-14-9-5-2-6-10-14/h1-10,15-22H,23-24H2;1,3-9,12-17H,18-19H2;1-10,13-16H,17-18H2;1-2,5-12H,13-14H2;1,3-11H,12-13H2;1-10H,11-12H2. The lowest BCUT2D eigenvalue weighted by Gasteiger charge is -2.03. The predicted octanol–water partition coefficient (Wildman–Crippen LogP) is 23.8. The summed E-state index contributed by atoms with van der Waals surface area (Å²) in [6.07, 6.45) is 26.7. The Bertz CT molecular complexity index is 6770. The van der Waals surface area contributed by atoms with Crippen molar-refractivity contribution in [2.45, 2.75) is 77.0 Å². The van der Waals surface area contributed by atoms with Crippen LogP contribution in [0.4, 0.5) is 0 Å². The molecule has 0 N–H and O–H groups in total. The minimum absolute atomic E-state index is 0.173. The zero-order chi connectivity index (χ0) is 95.2. The van der Waals surface area contributed by atoms with Crippen LogP contribution in [0.3, 0.4) is 0 Å². The highest BCUT2D eigenvalue weighted by atomic mass is 16.1. The normalized spacial score (nSPS) is 9.74. The molecular formula is C130H100O6. The zero-order valence-electron chi connectivity index (χ0n) is 75.8. The molecule has 0 aliphatic heterocycles. The second kappa shape index (κ2) is 55.8. The van der Waals surface area contributed by atoms with Gasteiger partial charge in [-0.3, -0.25) is 28.8 Å². The van der Waals surface area contributed by atoms with Crippen LogP contribution >= 0.6 is 0 Å². The average Bonchev–Trinajstić information content (AvgIpc) is 0.891. The van der Waals surface area contributed by atoms with Gasteiger partial charge in [-0.05, 0) is 212 Å². The Morgan fingerprint density at radius 3 is 0.338 bits per heavy atom. The first kappa shape index (κ1) is 98.6. The van der Waals surface area contributed by atoms with E-state index in [1.54, 1.807) is 0 Å². The van der Waals surface area contributed by atoms with Gasteiger partial charge in [0.2, 0.25) is 0 Å². The summed E-state index contributed by atoms with van der Waals surface area (Å²) < 4.78 is 0. The van der Waals surface area contributed by atoms with Gasteiger partial charge in [0.25, 0.3) is 0 Å². The van der Waals surface area contributed by atoms with E-state index in [9.17, 15) is 28.8 Å². The van der Waals surface area contributed by atoms with Crippen molar-refractivity contribution in [1.82, 2.24) is 0 Å². The molecule has 0 unspecified atom stereocenters. The average molecular weight is 1760 g/mol. The largest absolute Gasteiger partial charge is 0.299 e. The summed E-state index contributed by atoms with van der Waals surface area (Å²) in [4.78, 5) is 72.6. The summed E-state index contributed by atoms with van der Waals surface area (Å²) in [6, 6.07) is 141. The fourth-order valence-corrected chi connectivity index (χ4v) is 13.9. The lowest BCUT2D eigenvalue weighted by Crippen LogP contribution is -2.06. The van der Waals surface area contributed by atoms with Crippen molar-refractivity contribution in [1.29, 1.82) is 0 Å². The van der Waals surface area contributed by atoms with Gasteiger partial charge in [-0.1, -0.05) is 362 Å². The number of hydrogen-bond donors (Lipinski definition) is 0. The molecule has 6 heteroatoms. The van der Waals surface area contributed by atoms with Gasteiger partial charge in [0, 0.05) is 144 Å². The van der Waals surface area contributed by atoms with Crippen LogP contribution in [-0.2, 0) is 106 Å². The van der Waals surface area contributed by atoms with E-state index in [1.165, 1.54) is 0 Å². The number of carbonyl (C=O) groups is 6. The summed E-state index contributed by atoms with van der Waals surface area (Å²) in [5, 5.41) is 0. The van der Waals surface area contributed by atoms with Crippen LogP contribution < -0.4 is 0 Å². The highest BCUT2D eigenvalue weighted by molar-refractivity contribution is 5.86. The monoisotopic (exact) mass is 1760 g/mol. The van der Waals surface area contributed by atoms with Gasteiger partial charge >= 0.3 is 0 Å². The topological polar surface area (TPSA) is 102 Å². The first-order chi connectivity index (χ1) is 66.6. The van der Waals surface area contributed by atoms with Crippen LogP contribution in [0.25, 0.3) is 0 Å². The second-order valence-corrected chi connectivity index (χ2v) is 31.9. The van der Waals surface area contributed by atoms with Gasteiger partial charge in [-0.25, -0.2) is 0 Å². The molecule has 0 amide bonds. The maximum Gasteiger partial charge on any atom is 0.141 e. The van der Waals surface area contributed by atoms with Gasteiger partial charge in [0.15, 0.2) is 0 Å². The number of rotatable bonds is 24. The van der Waals surface area contributed by atoms with Gasteiger partial charge < -0.3 is 0 Å². The fraction of sp³-hybridized carbons (Fsp3) is 0.0923. The molecule has 0 spiro atoms. The summed E-state index contributed by atoms with van der Waals surface area (Å²) in [5.41, 5.74) is 23.4. The Labute approximate surface area is 802 Å². The van der Waals surface area contributed by atoms with Crippen molar-refractivity contribution < 1.29 is 28.8 Å².